The number of nitrogens with zero attached hydrogens (tertiary/aromatic N) is 3. The summed E-state index contributed by atoms with van der Waals surface area (Å²) in [6.07, 6.45) is 0. The van der Waals surface area contributed by atoms with E-state index >= 15 is 0 Å². The molecule has 7 heteroatoms. The van der Waals surface area contributed by atoms with Gasteiger partial charge in [0.15, 0.2) is 11.5 Å². The molecule has 1 unspecified atom stereocenters. The van der Waals surface area contributed by atoms with Crippen LogP contribution in [0.15, 0.2) is 40.9 Å². The largest absolute Gasteiger partial charge is 0.472 e. The van der Waals surface area contributed by atoms with Crippen molar-refractivity contribution in [3.63, 3.8) is 0 Å². The standard InChI is InChI=1S/C19H19N3O4/c1-3-24-19(23)17-16-12(2)10-22-14(18(16)26-21-17)9-15(20-22)25-11-13-7-5-4-6-8-13/h4-9,12H,3,10-11H2,1-2H3. The highest BCUT2D eigenvalue weighted by Gasteiger charge is 2.34. The number of rotatable bonds is 5. The van der Waals surface area contributed by atoms with Gasteiger partial charge in [0.25, 0.3) is 0 Å². The highest BCUT2D eigenvalue weighted by atomic mass is 16.5. The minimum Gasteiger partial charge on any atom is -0.472 e. The maximum atomic E-state index is 12.1. The number of carbonyl (C=O) groups is 1. The Labute approximate surface area is 150 Å². The Kier molecular flexibility index (Phi) is 4.20. The number of aromatic nitrogens is 3. The van der Waals surface area contributed by atoms with Crippen LogP contribution >= 0.6 is 0 Å². The molecule has 0 N–H and O–H groups in total. The number of fused-ring (bicyclic) bond motifs is 3. The van der Waals surface area contributed by atoms with Crippen LogP contribution in [-0.2, 0) is 17.9 Å². The van der Waals surface area contributed by atoms with Crippen LogP contribution in [0.1, 0.15) is 41.4 Å². The van der Waals surface area contributed by atoms with E-state index in [1.807, 2.05) is 48.0 Å². The van der Waals surface area contributed by atoms with Crippen molar-refractivity contribution in [2.75, 3.05) is 6.61 Å². The van der Waals surface area contributed by atoms with Crippen LogP contribution in [0.2, 0.25) is 0 Å². The third-order valence-corrected chi connectivity index (χ3v) is 4.36. The van der Waals surface area contributed by atoms with E-state index in [-0.39, 0.29) is 11.6 Å². The first-order chi connectivity index (χ1) is 12.7. The van der Waals surface area contributed by atoms with E-state index in [9.17, 15) is 4.79 Å². The van der Waals surface area contributed by atoms with Crippen molar-refractivity contribution in [3.8, 4) is 17.3 Å². The average molecular weight is 353 g/mol. The third kappa shape index (κ3) is 2.85. The molecule has 3 heterocycles. The van der Waals surface area contributed by atoms with E-state index in [4.69, 9.17) is 14.0 Å². The molecule has 7 nitrogen and oxygen atoms in total. The molecule has 4 rings (SSSR count). The van der Waals surface area contributed by atoms with Crippen LogP contribution in [0, 0.1) is 0 Å². The summed E-state index contributed by atoms with van der Waals surface area (Å²) in [5.41, 5.74) is 2.83. The highest BCUT2D eigenvalue weighted by Crippen LogP contribution is 2.39. The van der Waals surface area contributed by atoms with Gasteiger partial charge >= 0.3 is 5.97 Å². The Morgan fingerprint density at radius 3 is 2.92 bits per heavy atom. The Morgan fingerprint density at radius 1 is 1.35 bits per heavy atom. The monoisotopic (exact) mass is 353 g/mol. The summed E-state index contributed by atoms with van der Waals surface area (Å²) in [4.78, 5) is 12.1. The first kappa shape index (κ1) is 16.4. The highest BCUT2D eigenvalue weighted by molar-refractivity contribution is 5.91. The molecule has 3 aromatic rings. The van der Waals surface area contributed by atoms with Gasteiger partial charge in [0.1, 0.15) is 12.3 Å². The lowest BCUT2D eigenvalue weighted by molar-refractivity contribution is 0.0513. The lowest BCUT2D eigenvalue weighted by Crippen LogP contribution is -2.18. The minimum absolute atomic E-state index is 0.0324. The molecule has 1 aliphatic rings. The fourth-order valence-electron chi connectivity index (χ4n) is 3.15. The van der Waals surface area contributed by atoms with Gasteiger partial charge in [-0.2, -0.15) is 0 Å². The summed E-state index contributed by atoms with van der Waals surface area (Å²) < 4.78 is 18.2. The molecule has 1 atom stereocenters. The van der Waals surface area contributed by atoms with Gasteiger partial charge in [0.05, 0.1) is 6.61 Å². The van der Waals surface area contributed by atoms with E-state index < -0.39 is 5.97 Å². The summed E-state index contributed by atoms with van der Waals surface area (Å²) in [6.45, 7) is 5.12. The predicted molar refractivity (Wildman–Crippen MR) is 92.9 cm³/mol. The Morgan fingerprint density at radius 2 is 2.15 bits per heavy atom. The summed E-state index contributed by atoms with van der Waals surface area (Å²) in [5, 5.41) is 8.43. The molecule has 26 heavy (non-hydrogen) atoms. The summed E-state index contributed by atoms with van der Waals surface area (Å²) in [7, 11) is 0. The van der Waals surface area contributed by atoms with Gasteiger partial charge < -0.3 is 14.0 Å². The smallest absolute Gasteiger partial charge is 0.360 e. The van der Waals surface area contributed by atoms with Gasteiger partial charge in [-0.1, -0.05) is 42.4 Å². The van der Waals surface area contributed by atoms with E-state index in [0.29, 0.717) is 31.4 Å². The molecule has 0 saturated carbocycles. The van der Waals surface area contributed by atoms with Crippen molar-refractivity contribution in [2.24, 2.45) is 0 Å². The van der Waals surface area contributed by atoms with E-state index in [0.717, 1.165) is 16.8 Å². The predicted octanol–water partition coefficient (Wildman–Crippen LogP) is 3.41. The molecular weight excluding hydrogens is 334 g/mol. The van der Waals surface area contributed by atoms with Crippen molar-refractivity contribution in [1.82, 2.24) is 14.9 Å². The van der Waals surface area contributed by atoms with E-state index in [1.54, 1.807) is 6.92 Å². The van der Waals surface area contributed by atoms with E-state index in [2.05, 4.69) is 10.3 Å². The number of ether oxygens (including phenoxy) is 2. The van der Waals surface area contributed by atoms with Gasteiger partial charge in [-0.15, -0.1) is 5.10 Å². The van der Waals surface area contributed by atoms with Crippen LogP contribution in [0.25, 0.3) is 11.5 Å². The summed E-state index contributed by atoms with van der Waals surface area (Å²) in [5.74, 6) is 0.634. The number of hydrogen-bond acceptors (Lipinski definition) is 6. The zero-order chi connectivity index (χ0) is 18.1. The molecule has 0 amide bonds. The third-order valence-electron chi connectivity index (χ3n) is 4.36. The number of hydrogen-bond donors (Lipinski definition) is 0. The topological polar surface area (TPSA) is 79.4 Å². The van der Waals surface area contributed by atoms with Crippen LogP contribution in [-0.4, -0.2) is 27.5 Å². The van der Waals surface area contributed by atoms with E-state index in [1.165, 1.54) is 0 Å². The van der Waals surface area contributed by atoms with Gasteiger partial charge in [0, 0.05) is 24.1 Å². The normalized spacial score (nSPS) is 15.2. The molecule has 2 aromatic heterocycles. The van der Waals surface area contributed by atoms with Crippen molar-refractivity contribution >= 4 is 5.97 Å². The van der Waals surface area contributed by atoms with Crippen molar-refractivity contribution < 1.29 is 18.8 Å². The van der Waals surface area contributed by atoms with Gasteiger partial charge in [-0.3, -0.25) is 4.68 Å². The zero-order valence-corrected chi connectivity index (χ0v) is 14.6. The van der Waals surface area contributed by atoms with Crippen molar-refractivity contribution in [2.45, 2.75) is 32.9 Å². The Hall–Kier alpha value is -3.09. The van der Waals surface area contributed by atoms with Gasteiger partial charge in [-0.25, -0.2) is 4.79 Å². The molecule has 0 aliphatic carbocycles. The second kappa shape index (κ2) is 6.67. The number of carbonyl (C=O) groups excluding carboxylic acids is 1. The first-order valence-electron chi connectivity index (χ1n) is 8.59. The second-order valence-corrected chi connectivity index (χ2v) is 6.22. The van der Waals surface area contributed by atoms with Crippen LogP contribution in [0.3, 0.4) is 0 Å². The number of benzene rings is 1. The lowest BCUT2D eigenvalue weighted by atomic mass is 9.94. The molecular formula is C19H19N3O4. The Bertz CT molecular complexity index is 930. The molecule has 0 radical (unpaired) electrons. The van der Waals surface area contributed by atoms with Gasteiger partial charge in [-0.05, 0) is 12.5 Å². The second-order valence-electron chi connectivity index (χ2n) is 6.22. The Balaban J connectivity index is 1.61. The SMILES string of the molecule is CCOC(=O)c1noc2c1C(C)Cn1nc(OCc3ccccc3)cc1-2. The molecule has 134 valence electrons. The van der Waals surface area contributed by atoms with Crippen LogP contribution < -0.4 is 4.74 Å². The maximum Gasteiger partial charge on any atom is 0.360 e. The zero-order valence-electron chi connectivity index (χ0n) is 14.6. The summed E-state index contributed by atoms with van der Waals surface area (Å²) >= 11 is 0. The van der Waals surface area contributed by atoms with Crippen LogP contribution in [0.4, 0.5) is 0 Å². The lowest BCUT2D eigenvalue weighted by Gasteiger charge is -2.18. The van der Waals surface area contributed by atoms with Crippen LogP contribution in [0.5, 0.6) is 5.88 Å². The van der Waals surface area contributed by atoms with Gasteiger partial charge in [0.2, 0.25) is 5.88 Å². The molecule has 1 aliphatic heterocycles. The molecule has 0 saturated heterocycles. The molecule has 0 bridgehead atoms. The fourth-order valence-corrected chi connectivity index (χ4v) is 3.15. The molecule has 0 spiro atoms. The summed E-state index contributed by atoms with van der Waals surface area (Å²) in [6, 6.07) is 11.7. The van der Waals surface area contributed by atoms with Crippen molar-refractivity contribution in [3.05, 3.63) is 53.2 Å². The molecule has 1 aromatic carbocycles. The first-order valence-corrected chi connectivity index (χ1v) is 8.59. The molecule has 0 fully saturated rings. The fraction of sp³-hybridized carbons (Fsp3) is 0.316. The van der Waals surface area contributed by atoms with Crippen molar-refractivity contribution in [1.29, 1.82) is 0 Å². The average Bonchev–Trinajstić information content (AvgIpc) is 3.25. The maximum absolute atomic E-state index is 12.1. The quantitative estimate of drug-likeness (QED) is 0.654. The number of esters is 1. The minimum atomic E-state index is -0.460.